The minimum absolute atomic E-state index is 0.449. The van der Waals surface area contributed by atoms with Gasteiger partial charge in [0.1, 0.15) is 24.7 Å². The molecule has 182 valence electrons. The van der Waals surface area contributed by atoms with Crippen molar-refractivity contribution < 1.29 is 9.47 Å². The maximum Gasteiger partial charge on any atom is 0.162 e. The van der Waals surface area contributed by atoms with Gasteiger partial charge in [0.2, 0.25) is 0 Å². The Kier molecular flexibility index (Phi) is 6.84. The van der Waals surface area contributed by atoms with Crippen LogP contribution in [0, 0.1) is 0 Å². The van der Waals surface area contributed by atoms with Crippen LogP contribution in [-0.4, -0.2) is 9.97 Å². The third-order valence-electron chi connectivity index (χ3n) is 5.92. The van der Waals surface area contributed by atoms with Crippen molar-refractivity contribution in [2.24, 2.45) is 0 Å². The number of nitrogens with one attached hydrogen (secondary N) is 1. The molecule has 4 nitrogen and oxygen atoms in total. The summed E-state index contributed by atoms with van der Waals surface area (Å²) in [7, 11) is 0. The van der Waals surface area contributed by atoms with Gasteiger partial charge in [-0.15, -0.1) is 22.7 Å². The minimum atomic E-state index is 0.449. The van der Waals surface area contributed by atoms with Gasteiger partial charge in [0.05, 0.1) is 15.4 Å². The van der Waals surface area contributed by atoms with Crippen LogP contribution in [0.15, 0.2) is 114 Å². The Balaban J connectivity index is 1.35. The van der Waals surface area contributed by atoms with Crippen LogP contribution in [-0.2, 0) is 13.2 Å². The van der Waals surface area contributed by atoms with Gasteiger partial charge < -0.3 is 14.5 Å². The highest BCUT2D eigenvalue weighted by molar-refractivity contribution is 7.14. The molecule has 0 aliphatic carbocycles. The first-order valence-corrected chi connectivity index (χ1v) is 13.7. The molecular weight excluding hydrogens is 496 g/mol. The predicted molar refractivity (Wildman–Crippen MR) is 152 cm³/mol. The van der Waals surface area contributed by atoms with E-state index in [-0.39, 0.29) is 0 Å². The number of aromatic amines is 1. The summed E-state index contributed by atoms with van der Waals surface area (Å²) in [5.74, 6) is 2.18. The molecule has 0 fully saturated rings. The SMILES string of the molecule is c1ccc(COc2ccc(-c3nc(-c4cccs4)c(-c4cccs4)[nH]3)cc2OCc2ccccc2)cc1. The summed E-state index contributed by atoms with van der Waals surface area (Å²) < 4.78 is 12.5. The zero-order valence-electron chi connectivity index (χ0n) is 20.0. The molecule has 6 heteroatoms. The number of imidazole rings is 1. The van der Waals surface area contributed by atoms with E-state index in [1.807, 2.05) is 54.6 Å². The zero-order valence-corrected chi connectivity index (χ0v) is 21.6. The van der Waals surface area contributed by atoms with E-state index >= 15 is 0 Å². The first-order valence-electron chi connectivity index (χ1n) is 12.0. The van der Waals surface area contributed by atoms with Crippen LogP contribution >= 0.6 is 22.7 Å². The fourth-order valence-electron chi connectivity index (χ4n) is 4.06. The van der Waals surface area contributed by atoms with Crippen molar-refractivity contribution >= 4 is 22.7 Å². The fourth-order valence-corrected chi connectivity index (χ4v) is 5.51. The standard InChI is InChI=1S/C31H24N2O2S2/c1-3-9-22(10-4-1)20-34-25-16-15-24(19-26(25)35-21-23-11-5-2-6-12-23)31-32-29(27-13-7-17-36-27)30(33-31)28-14-8-18-37-28/h1-19H,20-21H2,(H,32,33). The summed E-state index contributed by atoms with van der Waals surface area (Å²) in [6.45, 7) is 0.915. The highest BCUT2D eigenvalue weighted by Crippen LogP contribution is 2.39. The first-order chi connectivity index (χ1) is 18.3. The molecule has 0 saturated heterocycles. The number of H-pyrrole nitrogens is 1. The van der Waals surface area contributed by atoms with Crippen LogP contribution < -0.4 is 9.47 Å². The van der Waals surface area contributed by atoms with Crippen molar-refractivity contribution in [3.63, 3.8) is 0 Å². The first kappa shape index (κ1) is 23.3. The number of benzene rings is 3. The quantitative estimate of drug-likeness (QED) is 0.207. The van der Waals surface area contributed by atoms with Crippen LogP contribution in [0.2, 0.25) is 0 Å². The molecule has 6 rings (SSSR count). The maximum atomic E-state index is 6.29. The second-order valence-electron chi connectivity index (χ2n) is 8.47. The lowest BCUT2D eigenvalue weighted by Gasteiger charge is -2.14. The molecule has 0 aliphatic heterocycles. The molecule has 0 amide bonds. The predicted octanol–water partition coefficient (Wildman–Crippen LogP) is 8.69. The Labute approximate surface area is 223 Å². The van der Waals surface area contributed by atoms with E-state index < -0.39 is 0 Å². The Morgan fingerprint density at radius 2 is 1.24 bits per heavy atom. The highest BCUT2D eigenvalue weighted by atomic mass is 32.1. The second-order valence-corrected chi connectivity index (χ2v) is 10.4. The van der Waals surface area contributed by atoms with Crippen molar-refractivity contribution in [2.75, 3.05) is 0 Å². The number of hydrogen-bond acceptors (Lipinski definition) is 5. The molecule has 0 spiro atoms. The lowest BCUT2D eigenvalue weighted by Crippen LogP contribution is -2.01. The van der Waals surface area contributed by atoms with Gasteiger partial charge in [0.25, 0.3) is 0 Å². The van der Waals surface area contributed by atoms with Gasteiger partial charge in [-0.1, -0.05) is 72.8 Å². The lowest BCUT2D eigenvalue weighted by atomic mass is 10.2. The number of ether oxygens (including phenoxy) is 2. The summed E-state index contributed by atoms with van der Waals surface area (Å²) >= 11 is 3.39. The number of nitrogens with zero attached hydrogens (tertiary/aromatic N) is 1. The zero-order chi connectivity index (χ0) is 24.9. The van der Waals surface area contributed by atoms with Gasteiger partial charge in [-0.05, 0) is 52.2 Å². The largest absolute Gasteiger partial charge is 0.485 e. The van der Waals surface area contributed by atoms with Gasteiger partial charge in [0, 0.05) is 5.56 Å². The smallest absolute Gasteiger partial charge is 0.162 e. The molecule has 1 N–H and O–H groups in total. The molecule has 0 atom stereocenters. The van der Waals surface area contributed by atoms with E-state index in [1.54, 1.807) is 22.7 Å². The van der Waals surface area contributed by atoms with Crippen molar-refractivity contribution in [3.8, 4) is 44.0 Å². The van der Waals surface area contributed by atoms with Gasteiger partial charge in [-0.3, -0.25) is 0 Å². The monoisotopic (exact) mass is 520 g/mol. The molecule has 0 aliphatic rings. The molecule has 37 heavy (non-hydrogen) atoms. The summed E-state index contributed by atoms with van der Waals surface area (Å²) in [4.78, 5) is 10.9. The van der Waals surface area contributed by atoms with Crippen molar-refractivity contribution in [1.82, 2.24) is 9.97 Å². The van der Waals surface area contributed by atoms with Crippen LogP contribution in [0.5, 0.6) is 11.5 Å². The van der Waals surface area contributed by atoms with Crippen LogP contribution in [0.1, 0.15) is 11.1 Å². The molecule has 0 radical (unpaired) electrons. The molecule has 0 saturated carbocycles. The lowest BCUT2D eigenvalue weighted by molar-refractivity contribution is 0.256. The van der Waals surface area contributed by atoms with Gasteiger partial charge >= 0.3 is 0 Å². The molecule has 3 aromatic heterocycles. The van der Waals surface area contributed by atoms with E-state index in [9.17, 15) is 0 Å². The Bertz CT molecular complexity index is 1510. The van der Waals surface area contributed by atoms with E-state index in [4.69, 9.17) is 14.5 Å². The average Bonchev–Trinajstić information content (AvgIpc) is 3.74. The molecule has 3 aromatic carbocycles. The summed E-state index contributed by atoms with van der Waals surface area (Å²) in [5, 5.41) is 4.17. The molecule has 3 heterocycles. The maximum absolute atomic E-state index is 6.29. The Hall–Kier alpha value is -4.13. The molecular formula is C31H24N2O2S2. The number of thiophene rings is 2. The van der Waals surface area contributed by atoms with Crippen molar-refractivity contribution in [3.05, 3.63) is 125 Å². The topological polar surface area (TPSA) is 47.1 Å². The van der Waals surface area contributed by atoms with E-state index in [0.717, 1.165) is 43.7 Å². The number of rotatable bonds is 9. The van der Waals surface area contributed by atoms with E-state index in [0.29, 0.717) is 24.7 Å². The number of aromatic nitrogens is 2. The van der Waals surface area contributed by atoms with Gasteiger partial charge in [-0.2, -0.15) is 0 Å². The van der Waals surface area contributed by atoms with Crippen LogP contribution in [0.3, 0.4) is 0 Å². The Morgan fingerprint density at radius 1 is 0.622 bits per heavy atom. The van der Waals surface area contributed by atoms with Crippen molar-refractivity contribution in [2.45, 2.75) is 13.2 Å². The third-order valence-corrected chi connectivity index (χ3v) is 7.68. The molecule has 0 unspecified atom stereocenters. The van der Waals surface area contributed by atoms with Crippen LogP contribution in [0.25, 0.3) is 32.5 Å². The van der Waals surface area contributed by atoms with Crippen LogP contribution in [0.4, 0.5) is 0 Å². The van der Waals surface area contributed by atoms with E-state index in [1.165, 1.54) is 0 Å². The highest BCUT2D eigenvalue weighted by Gasteiger charge is 2.18. The fraction of sp³-hybridized carbons (Fsp3) is 0.0645. The Morgan fingerprint density at radius 3 is 1.86 bits per heavy atom. The number of hydrogen-bond donors (Lipinski definition) is 1. The summed E-state index contributed by atoms with van der Waals surface area (Å²) in [5.41, 5.74) is 5.13. The third kappa shape index (κ3) is 5.35. The summed E-state index contributed by atoms with van der Waals surface area (Å²) in [6.07, 6.45) is 0. The van der Waals surface area contributed by atoms with Crippen molar-refractivity contribution in [1.29, 1.82) is 0 Å². The average molecular weight is 521 g/mol. The molecule has 0 bridgehead atoms. The summed E-state index contributed by atoms with van der Waals surface area (Å²) in [6, 6.07) is 34.7. The van der Waals surface area contributed by atoms with E-state index in [2.05, 4.69) is 64.3 Å². The normalized spacial score (nSPS) is 10.9. The molecule has 6 aromatic rings. The second kappa shape index (κ2) is 10.9. The van der Waals surface area contributed by atoms with Gasteiger partial charge in [-0.25, -0.2) is 4.98 Å². The minimum Gasteiger partial charge on any atom is -0.485 e. The van der Waals surface area contributed by atoms with Gasteiger partial charge in [0.15, 0.2) is 11.5 Å².